The van der Waals surface area contributed by atoms with Crippen molar-refractivity contribution in [3.63, 3.8) is 0 Å². The summed E-state index contributed by atoms with van der Waals surface area (Å²) in [6.45, 7) is 3.80. The van der Waals surface area contributed by atoms with Crippen molar-refractivity contribution in [1.82, 2.24) is 0 Å². The third-order valence-corrected chi connectivity index (χ3v) is 10.5. The number of esters is 1. The Balaban J connectivity index is 2.41. The van der Waals surface area contributed by atoms with Crippen molar-refractivity contribution in [2.75, 3.05) is 26.4 Å². The van der Waals surface area contributed by atoms with Crippen LogP contribution in [0.4, 0.5) is 0 Å². The second-order valence-corrected chi connectivity index (χ2v) is 15.8. The third kappa shape index (κ3) is 26.6. The molecule has 0 bridgehead atoms. The van der Waals surface area contributed by atoms with Crippen LogP contribution in [0.5, 0.6) is 0 Å². The molecular weight excluding hydrogens is 697 g/mol. The van der Waals surface area contributed by atoms with Gasteiger partial charge in [-0.2, -0.15) is 0 Å². The Labute approximate surface area is 320 Å². The van der Waals surface area contributed by atoms with Gasteiger partial charge in [0.05, 0.1) is 31.7 Å². The molecule has 0 aromatic rings. The standard InChI is InChI=1S/C41H74NO10P/c1-3-5-7-8-9-10-11-12-13-14-15-16-19-23-30-49-36(34-52-53(47,48)51-31-29-42)33-50-41(46)26-22-18-17-21-25-37-38(40(45)32-39(37)44)28-27-35(43)24-20-6-4-2/h17,21,23,27-28,30,35-39,43-44H,3-16,18-20,22,24-26,29,31-34,42H2,1-2H3,(H,47,48)/b21-17-,28-27+,30-23+/t35-,36+,37+,38+,39-/m0/s1. The highest BCUT2D eigenvalue weighted by atomic mass is 31.2. The lowest BCUT2D eigenvalue weighted by atomic mass is 9.90. The second kappa shape index (κ2) is 32.4. The first kappa shape index (κ1) is 49.2. The lowest BCUT2D eigenvalue weighted by Gasteiger charge is -2.19. The number of ketones is 1. The zero-order chi connectivity index (χ0) is 39.0. The molecule has 53 heavy (non-hydrogen) atoms. The van der Waals surface area contributed by atoms with Gasteiger partial charge in [0.2, 0.25) is 0 Å². The van der Waals surface area contributed by atoms with Crippen LogP contribution in [0.1, 0.15) is 155 Å². The molecule has 0 aliphatic heterocycles. The molecule has 12 heteroatoms. The summed E-state index contributed by atoms with van der Waals surface area (Å²) in [6, 6.07) is 0. The number of unbranched alkanes of at least 4 members (excludes halogenated alkanes) is 15. The van der Waals surface area contributed by atoms with Crippen LogP contribution in [0.25, 0.3) is 0 Å². The van der Waals surface area contributed by atoms with E-state index < -0.39 is 38.0 Å². The van der Waals surface area contributed by atoms with Gasteiger partial charge >= 0.3 is 13.8 Å². The van der Waals surface area contributed by atoms with Gasteiger partial charge in [-0.05, 0) is 44.6 Å². The van der Waals surface area contributed by atoms with E-state index in [1.54, 1.807) is 12.2 Å². The van der Waals surface area contributed by atoms with Crippen LogP contribution in [-0.4, -0.2) is 71.5 Å². The fourth-order valence-electron chi connectivity index (χ4n) is 6.31. The monoisotopic (exact) mass is 772 g/mol. The highest BCUT2D eigenvalue weighted by Crippen LogP contribution is 2.43. The summed E-state index contributed by atoms with van der Waals surface area (Å²) in [5.41, 5.74) is 5.35. The molecular formula is C41H74NO10P. The minimum absolute atomic E-state index is 0.0108. The predicted octanol–water partition coefficient (Wildman–Crippen LogP) is 8.79. The number of nitrogens with two attached hydrogens (primary N) is 1. The number of hydrogen-bond acceptors (Lipinski definition) is 10. The van der Waals surface area contributed by atoms with E-state index in [0.717, 1.165) is 38.5 Å². The Bertz CT molecular complexity index is 1070. The smallest absolute Gasteiger partial charge is 0.472 e. The van der Waals surface area contributed by atoms with Crippen molar-refractivity contribution in [2.24, 2.45) is 17.6 Å². The molecule has 0 aromatic heterocycles. The van der Waals surface area contributed by atoms with Crippen LogP contribution < -0.4 is 5.73 Å². The SMILES string of the molecule is CCCCCCCCCCCCCC/C=C/O[C@H](COC(=O)CCC/C=C\C[C@H]1[C@@H](O)CC(=O)[C@@H]1/C=C/[C@@H](O)CCCCC)COP(=O)(O)OCCN. The molecule has 5 N–H and O–H groups in total. The fourth-order valence-corrected chi connectivity index (χ4v) is 7.08. The minimum atomic E-state index is -4.33. The molecule has 11 nitrogen and oxygen atoms in total. The minimum Gasteiger partial charge on any atom is -0.492 e. The van der Waals surface area contributed by atoms with Gasteiger partial charge < -0.3 is 30.3 Å². The van der Waals surface area contributed by atoms with Crippen LogP contribution in [0.15, 0.2) is 36.6 Å². The summed E-state index contributed by atoms with van der Waals surface area (Å²) in [6.07, 6.45) is 30.5. The quantitative estimate of drug-likeness (QED) is 0.0159. The summed E-state index contributed by atoms with van der Waals surface area (Å²) >= 11 is 0. The topological polar surface area (TPSA) is 175 Å². The Morgan fingerprint density at radius 3 is 2.15 bits per heavy atom. The zero-order valence-electron chi connectivity index (χ0n) is 33.0. The van der Waals surface area contributed by atoms with Gasteiger partial charge in [-0.25, -0.2) is 4.57 Å². The molecule has 0 amide bonds. The van der Waals surface area contributed by atoms with Crippen molar-refractivity contribution >= 4 is 19.6 Å². The molecule has 0 saturated heterocycles. The maximum atomic E-state index is 12.5. The number of aliphatic hydroxyl groups excluding tert-OH is 2. The summed E-state index contributed by atoms with van der Waals surface area (Å²) in [5, 5.41) is 20.7. The maximum absolute atomic E-state index is 12.5. The van der Waals surface area contributed by atoms with Gasteiger partial charge in [-0.3, -0.25) is 18.6 Å². The summed E-state index contributed by atoms with van der Waals surface area (Å²) in [4.78, 5) is 34.8. The number of aliphatic hydroxyl groups is 2. The van der Waals surface area contributed by atoms with Gasteiger partial charge in [0.25, 0.3) is 0 Å². The molecule has 0 spiro atoms. The van der Waals surface area contributed by atoms with Crippen molar-refractivity contribution in [1.29, 1.82) is 0 Å². The molecule has 6 atom stereocenters. The average molecular weight is 772 g/mol. The number of carbonyl (C=O) groups excluding carboxylic acids is 2. The number of ether oxygens (including phenoxy) is 2. The van der Waals surface area contributed by atoms with Crippen molar-refractivity contribution in [3.05, 3.63) is 36.6 Å². The molecule has 1 aliphatic carbocycles. The molecule has 0 aromatic carbocycles. The van der Waals surface area contributed by atoms with E-state index in [4.69, 9.17) is 24.3 Å². The molecule has 0 heterocycles. The molecule has 1 rings (SSSR count). The Morgan fingerprint density at radius 1 is 0.868 bits per heavy atom. The molecule has 308 valence electrons. The van der Waals surface area contributed by atoms with Crippen molar-refractivity contribution < 1.29 is 47.8 Å². The first-order chi connectivity index (χ1) is 25.6. The highest BCUT2D eigenvalue weighted by Gasteiger charge is 2.39. The van der Waals surface area contributed by atoms with Crippen molar-refractivity contribution in [2.45, 2.75) is 173 Å². The van der Waals surface area contributed by atoms with Gasteiger partial charge in [0, 0.05) is 31.2 Å². The largest absolute Gasteiger partial charge is 0.492 e. The second-order valence-electron chi connectivity index (χ2n) is 14.4. The first-order valence-electron chi connectivity index (χ1n) is 20.6. The summed E-state index contributed by atoms with van der Waals surface area (Å²) in [7, 11) is -4.33. The van der Waals surface area contributed by atoms with E-state index in [0.29, 0.717) is 25.7 Å². The van der Waals surface area contributed by atoms with Gasteiger partial charge in [-0.1, -0.05) is 128 Å². The van der Waals surface area contributed by atoms with E-state index in [1.165, 1.54) is 70.5 Å². The predicted molar refractivity (Wildman–Crippen MR) is 211 cm³/mol. The molecule has 1 aliphatic rings. The van der Waals surface area contributed by atoms with Crippen LogP contribution in [0, 0.1) is 11.8 Å². The number of phosphoric acid groups is 1. The third-order valence-electron chi connectivity index (χ3n) is 9.53. The van der Waals surface area contributed by atoms with E-state index >= 15 is 0 Å². The highest BCUT2D eigenvalue weighted by molar-refractivity contribution is 7.47. The van der Waals surface area contributed by atoms with Crippen LogP contribution in [0.2, 0.25) is 0 Å². The zero-order valence-corrected chi connectivity index (χ0v) is 33.9. The normalized spacial score (nSPS) is 20.1. The summed E-state index contributed by atoms with van der Waals surface area (Å²) < 4.78 is 33.1. The molecule has 1 unspecified atom stereocenters. The fraction of sp³-hybridized carbons (Fsp3) is 0.805. The maximum Gasteiger partial charge on any atom is 0.472 e. The van der Waals surface area contributed by atoms with E-state index in [9.17, 15) is 29.3 Å². The lowest BCUT2D eigenvalue weighted by Crippen LogP contribution is -2.25. The van der Waals surface area contributed by atoms with Crippen LogP contribution >= 0.6 is 7.82 Å². The number of phosphoric ester groups is 1. The molecule has 0 radical (unpaired) electrons. The van der Waals surface area contributed by atoms with Gasteiger partial charge in [0.15, 0.2) is 6.10 Å². The van der Waals surface area contributed by atoms with E-state index in [-0.39, 0.29) is 50.9 Å². The van der Waals surface area contributed by atoms with E-state index in [1.807, 2.05) is 18.2 Å². The average Bonchev–Trinajstić information content (AvgIpc) is 3.41. The van der Waals surface area contributed by atoms with Gasteiger partial charge in [-0.15, -0.1) is 0 Å². The number of carbonyl (C=O) groups is 2. The molecule has 1 saturated carbocycles. The lowest BCUT2D eigenvalue weighted by molar-refractivity contribution is -0.147. The Morgan fingerprint density at radius 2 is 1.49 bits per heavy atom. The van der Waals surface area contributed by atoms with Gasteiger partial charge in [0.1, 0.15) is 12.4 Å². The number of Topliss-reactive ketones (excluding diaryl/α,β-unsaturated/α-hetero) is 1. The number of rotatable bonds is 35. The summed E-state index contributed by atoms with van der Waals surface area (Å²) in [5.74, 6) is -1.10. The Kier molecular flexibility index (Phi) is 30.1. The van der Waals surface area contributed by atoms with Crippen LogP contribution in [-0.2, 0) is 32.7 Å². The first-order valence-corrected chi connectivity index (χ1v) is 22.1. The van der Waals surface area contributed by atoms with E-state index in [2.05, 4.69) is 13.8 Å². The van der Waals surface area contributed by atoms with Crippen LogP contribution in [0.3, 0.4) is 0 Å². The Hall–Kier alpha value is -1.85. The number of hydrogen-bond donors (Lipinski definition) is 4. The molecule has 1 fully saturated rings. The number of allylic oxidation sites excluding steroid dienone is 4. The van der Waals surface area contributed by atoms with Crippen molar-refractivity contribution in [3.8, 4) is 0 Å².